The Labute approximate surface area is 177 Å². The first-order valence-electron chi connectivity index (χ1n) is 9.78. The first kappa shape index (κ1) is 19.2. The van der Waals surface area contributed by atoms with Crippen LogP contribution in [0.25, 0.3) is 0 Å². The quantitative estimate of drug-likeness (QED) is 0.761. The van der Waals surface area contributed by atoms with Crippen molar-refractivity contribution in [2.45, 2.75) is 25.7 Å². The fraction of sp³-hybridized carbons (Fsp3) is 0.227. The first-order chi connectivity index (χ1) is 14.8. The molecule has 2 aromatic rings. The van der Waals surface area contributed by atoms with Gasteiger partial charge in [0.1, 0.15) is 11.6 Å². The normalized spacial score (nSPS) is 22.6. The van der Waals surface area contributed by atoms with Crippen molar-refractivity contribution in [1.82, 2.24) is 14.7 Å². The van der Waals surface area contributed by atoms with Crippen molar-refractivity contribution in [3.8, 4) is 0 Å². The van der Waals surface area contributed by atoms with E-state index in [-0.39, 0.29) is 24.1 Å². The number of allylic oxidation sites excluding steroid dienone is 1. The second-order valence-corrected chi connectivity index (χ2v) is 7.72. The number of fused-ring (bicyclic) bond motifs is 3. The summed E-state index contributed by atoms with van der Waals surface area (Å²) in [5.41, 5.74) is 2.18. The SMILES string of the molecule is CC1=CN2C(=NC3C2C(=O)N(Cc2ccc(F)cc2)C(=O)N3C)N1c1ccc(F)cc1. The van der Waals surface area contributed by atoms with Crippen molar-refractivity contribution in [1.29, 1.82) is 0 Å². The fourth-order valence-electron chi connectivity index (χ4n) is 4.18. The summed E-state index contributed by atoms with van der Waals surface area (Å²) in [6.45, 7) is 1.91. The number of carbonyl (C=O) groups is 2. The van der Waals surface area contributed by atoms with Gasteiger partial charge < -0.3 is 9.80 Å². The number of imide groups is 1. The maximum Gasteiger partial charge on any atom is 0.328 e. The molecule has 2 atom stereocenters. The number of benzene rings is 2. The average molecular weight is 423 g/mol. The Morgan fingerprint density at radius 2 is 1.58 bits per heavy atom. The van der Waals surface area contributed by atoms with Gasteiger partial charge in [0, 0.05) is 24.6 Å². The summed E-state index contributed by atoms with van der Waals surface area (Å²) in [6, 6.07) is 10.5. The molecule has 3 aliphatic heterocycles. The predicted octanol–water partition coefficient (Wildman–Crippen LogP) is 3.11. The van der Waals surface area contributed by atoms with Crippen LogP contribution in [0.3, 0.4) is 0 Å². The highest BCUT2D eigenvalue weighted by Gasteiger charge is 2.54. The third-order valence-corrected chi connectivity index (χ3v) is 5.73. The van der Waals surface area contributed by atoms with Crippen molar-refractivity contribution in [2.24, 2.45) is 4.99 Å². The van der Waals surface area contributed by atoms with Crippen LogP contribution in [0.15, 0.2) is 65.4 Å². The lowest BCUT2D eigenvalue weighted by Crippen LogP contribution is -2.63. The number of aliphatic imine (C=N–C) groups is 1. The Bertz CT molecular complexity index is 1130. The van der Waals surface area contributed by atoms with Gasteiger partial charge in [0.15, 0.2) is 12.2 Å². The van der Waals surface area contributed by atoms with E-state index in [0.717, 1.165) is 10.6 Å². The lowest BCUT2D eigenvalue weighted by Gasteiger charge is -2.40. The molecule has 1 fully saturated rings. The van der Waals surface area contributed by atoms with E-state index in [1.54, 1.807) is 36.2 Å². The molecule has 5 rings (SSSR count). The van der Waals surface area contributed by atoms with E-state index in [1.165, 1.54) is 29.2 Å². The minimum atomic E-state index is -0.710. The van der Waals surface area contributed by atoms with Crippen LogP contribution in [0.5, 0.6) is 0 Å². The number of likely N-dealkylation sites (N-methyl/N-ethyl adjacent to an activating group) is 1. The molecule has 7 nitrogen and oxygen atoms in total. The Balaban J connectivity index is 1.46. The molecule has 0 N–H and O–H groups in total. The Morgan fingerprint density at radius 3 is 2.23 bits per heavy atom. The largest absolute Gasteiger partial charge is 0.328 e. The van der Waals surface area contributed by atoms with Gasteiger partial charge in [0.05, 0.1) is 6.54 Å². The summed E-state index contributed by atoms with van der Waals surface area (Å²) in [5.74, 6) is -0.595. The molecule has 2 aromatic carbocycles. The van der Waals surface area contributed by atoms with E-state index in [1.807, 2.05) is 18.0 Å². The predicted molar refractivity (Wildman–Crippen MR) is 110 cm³/mol. The number of anilines is 1. The van der Waals surface area contributed by atoms with Gasteiger partial charge in [0.25, 0.3) is 5.91 Å². The molecule has 0 radical (unpaired) electrons. The van der Waals surface area contributed by atoms with Crippen LogP contribution in [0.1, 0.15) is 12.5 Å². The number of rotatable bonds is 3. The van der Waals surface area contributed by atoms with Crippen molar-refractivity contribution in [3.05, 3.63) is 77.6 Å². The van der Waals surface area contributed by atoms with E-state index < -0.39 is 18.2 Å². The fourth-order valence-corrected chi connectivity index (χ4v) is 4.18. The van der Waals surface area contributed by atoms with E-state index in [4.69, 9.17) is 0 Å². The molecule has 158 valence electrons. The van der Waals surface area contributed by atoms with Gasteiger partial charge in [-0.1, -0.05) is 12.1 Å². The van der Waals surface area contributed by atoms with Crippen molar-refractivity contribution in [2.75, 3.05) is 11.9 Å². The molecule has 0 aromatic heterocycles. The van der Waals surface area contributed by atoms with E-state index >= 15 is 0 Å². The second-order valence-electron chi connectivity index (χ2n) is 7.72. The van der Waals surface area contributed by atoms with Crippen LogP contribution < -0.4 is 4.90 Å². The molecule has 0 saturated carbocycles. The summed E-state index contributed by atoms with van der Waals surface area (Å²) in [6.07, 6.45) is 1.14. The minimum absolute atomic E-state index is 0.0407. The van der Waals surface area contributed by atoms with E-state index in [9.17, 15) is 18.4 Å². The highest BCUT2D eigenvalue weighted by atomic mass is 19.1. The van der Waals surface area contributed by atoms with Crippen LogP contribution in [0.2, 0.25) is 0 Å². The molecule has 9 heteroatoms. The minimum Gasteiger partial charge on any atom is -0.302 e. The molecule has 1 saturated heterocycles. The zero-order valence-corrected chi connectivity index (χ0v) is 16.9. The van der Waals surface area contributed by atoms with Crippen LogP contribution in [-0.2, 0) is 11.3 Å². The monoisotopic (exact) mass is 423 g/mol. The van der Waals surface area contributed by atoms with Gasteiger partial charge >= 0.3 is 6.03 Å². The van der Waals surface area contributed by atoms with Crippen LogP contribution in [0, 0.1) is 11.6 Å². The van der Waals surface area contributed by atoms with Gasteiger partial charge in [-0.3, -0.25) is 14.6 Å². The number of carbonyl (C=O) groups excluding carboxylic acids is 2. The summed E-state index contributed by atoms with van der Waals surface area (Å²) in [4.78, 5) is 37.1. The second kappa shape index (κ2) is 6.90. The maximum atomic E-state index is 13.4. The number of nitrogens with zero attached hydrogens (tertiary/aromatic N) is 5. The summed E-state index contributed by atoms with van der Waals surface area (Å²) >= 11 is 0. The average Bonchev–Trinajstić information content (AvgIpc) is 3.26. The Kier molecular flexibility index (Phi) is 4.28. The highest BCUT2D eigenvalue weighted by molar-refractivity contribution is 6.09. The van der Waals surface area contributed by atoms with Gasteiger partial charge in [-0.2, -0.15) is 0 Å². The smallest absolute Gasteiger partial charge is 0.302 e. The number of hydrogen-bond donors (Lipinski definition) is 0. The number of halogens is 2. The van der Waals surface area contributed by atoms with Crippen LogP contribution >= 0.6 is 0 Å². The van der Waals surface area contributed by atoms with Gasteiger partial charge in [0.2, 0.25) is 5.96 Å². The highest BCUT2D eigenvalue weighted by Crippen LogP contribution is 2.36. The molecule has 0 spiro atoms. The molecule has 0 aliphatic carbocycles. The summed E-state index contributed by atoms with van der Waals surface area (Å²) < 4.78 is 26.6. The Hall–Kier alpha value is -3.75. The summed E-state index contributed by atoms with van der Waals surface area (Å²) in [5, 5.41) is 0. The lowest BCUT2D eigenvalue weighted by atomic mass is 10.1. The topological polar surface area (TPSA) is 59.5 Å². The number of amides is 3. The molecular weight excluding hydrogens is 404 g/mol. The molecule has 3 heterocycles. The standard InChI is InChI=1S/C22H19F2N5O2/c1-13-11-27-18-19(25-21(27)29(13)17-9-7-16(24)8-10-17)26(2)22(31)28(20(18)30)12-14-3-5-15(23)6-4-14/h3-11,18-19H,12H2,1-2H3. The number of hydrogen-bond acceptors (Lipinski definition) is 5. The molecule has 0 bridgehead atoms. The van der Waals surface area contributed by atoms with Crippen molar-refractivity contribution in [3.63, 3.8) is 0 Å². The van der Waals surface area contributed by atoms with Crippen LogP contribution in [0.4, 0.5) is 19.3 Å². The van der Waals surface area contributed by atoms with Crippen LogP contribution in [-0.4, -0.2) is 51.9 Å². The zero-order chi connectivity index (χ0) is 21.9. The third kappa shape index (κ3) is 2.96. The van der Waals surface area contributed by atoms with Gasteiger partial charge in [-0.05, 0) is 48.9 Å². The van der Waals surface area contributed by atoms with Crippen molar-refractivity contribution < 1.29 is 18.4 Å². The molecule has 31 heavy (non-hydrogen) atoms. The lowest BCUT2D eigenvalue weighted by molar-refractivity contribution is -0.137. The maximum absolute atomic E-state index is 13.4. The first-order valence-corrected chi connectivity index (χ1v) is 9.78. The number of guanidine groups is 1. The zero-order valence-electron chi connectivity index (χ0n) is 16.9. The van der Waals surface area contributed by atoms with Gasteiger partial charge in [-0.15, -0.1) is 0 Å². The molecular formula is C22H19F2N5O2. The number of urea groups is 1. The summed E-state index contributed by atoms with van der Waals surface area (Å²) in [7, 11) is 1.61. The molecule has 3 aliphatic rings. The van der Waals surface area contributed by atoms with E-state index in [0.29, 0.717) is 17.2 Å². The molecule has 2 unspecified atom stereocenters. The molecule has 3 amide bonds. The third-order valence-electron chi connectivity index (χ3n) is 5.73. The Morgan fingerprint density at radius 1 is 0.968 bits per heavy atom. The van der Waals surface area contributed by atoms with Gasteiger partial charge in [-0.25, -0.2) is 18.6 Å². The van der Waals surface area contributed by atoms with Crippen molar-refractivity contribution >= 4 is 23.6 Å². The van der Waals surface area contributed by atoms with E-state index in [2.05, 4.69) is 4.99 Å².